The predicted octanol–water partition coefficient (Wildman–Crippen LogP) is 3.59. The predicted molar refractivity (Wildman–Crippen MR) is 75.2 cm³/mol. The minimum Gasteiger partial charge on any atom is -0.396 e. The normalized spacial score (nSPS) is 14.6. The summed E-state index contributed by atoms with van der Waals surface area (Å²) in [6.07, 6.45) is 3.11. The van der Waals surface area contributed by atoms with Gasteiger partial charge < -0.3 is 10.6 Å². The number of anilines is 1. The molecule has 18 heavy (non-hydrogen) atoms. The molecular formula is C13H16Cl2N2O. The molecule has 3 nitrogen and oxygen atoms in total. The third kappa shape index (κ3) is 2.73. The molecule has 2 N–H and O–H groups in total. The van der Waals surface area contributed by atoms with Crippen LogP contribution in [0.15, 0.2) is 12.1 Å². The van der Waals surface area contributed by atoms with E-state index in [4.69, 9.17) is 28.9 Å². The zero-order valence-electron chi connectivity index (χ0n) is 10.2. The number of nitrogen functional groups attached to an aromatic ring is 1. The van der Waals surface area contributed by atoms with Gasteiger partial charge in [-0.1, -0.05) is 30.1 Å². The Kier molecular flexibility index (Phi) is 4.03. The number of halogens is 2. The Morgan fingerprint density at radius 1 is 1.39 bits per heavy atom. The molecule has 1 aliphatic rings. The molecule has 0 atom stereocenters. The molecule has 1 aromatic carbocycles. The number of hydrogen-bond acceptors (Lipinski definition) is 2. The van der Waals surface area contributed by atoms with E-state index >= 15 is 0 Å². The van der Waals surface area contributed by atoms with Crippen molar-refractivity contribution in [2.45, 2.75) is 32.2 Å². The smallest absolute Gasteiger partial charge is 0.254 e. The molecule has 1 aromatic rings. The Morgan fingerprint density at radius 3 is 2.39 bits per heavy atom. The van der Waals surface area contributed by atoms with Crippen LogP contribution in [-0.4, -0.2) is 23.4 Å². The summed E-state index contributed by atoms with van der Waals surface area (Å²) in [4.78, 5) is 14.3. The molecule has 0 aromatic heterocycles. The van der Waals surface area contributed by atoms with Crippen molar-refractivity contribution in [3.05, 3.63) is 27.7 Å². The highest BCUT2D eigenvalue weighted by atomic mass is 35.5. The average Bonchev–Trinajstić information content (AvgIpc) is 3.15. The number of hydrogen-bond donors (Lipinski definition) is 1. The second-order valence-corrected chi connectivity index (χ2v) is 5.40. The number of carbonyl (C=O) groups excluding carboxylic acids is 1. The third-order valence-electron chi connectivity index (χ3n) is 3.04. The van der Waals surface area contributed by atoms with Crippen LogP contribution in [0.1, 0.15) is 36.5 Å². The van der Waals surface area contributed by atoms with E-state index in [1.807, 2.05) is 4.90 Å². The Balaban J connectivity index is 2.26. The molecule has 98 valence electrons. The first-order chi connectivity index (χ1) is 8.54. The lowest BCUT2D eigenvalue weighted by Gasteiger charge is -2.22. The monoisotopic (exact) mass is 286 g/mol. The second kappa shape index (κ2) is 5.37. The number of amides is 1. The Bertz CT molecular complexity index is 449. The van der Waals surface area contributed by atoms with E-state index in [1.54, 1.807) is 12.1 Å². The molecule has 1 aliphatic carbocycles. The number of nitrogens with zero attached hydrogens (tertiary/aromatic N) is 1. The van der Waals surface area contributed by atoms with Gasteiger partial charge in [0.25, 0.3) is 5.91 Å². The maximum atomic E-state index is 12.4. The van der Waals surface area contributed by atoms with Crippen LogP contribution in [0, 0.1) is 0 Å². The van der Waals surface area contributed by atoms with Gasteiger partial charge in [0.2, 0.25) is 0 Å². The molecule has 1 amide bonds. The fraction of sp³-hybridized carbons (Fsp3) is 0.462. The van der Waals surface area contributed by atoms with Crippen LogP contribution in [0.4, 0.5) is 5.69 Å². The topological polar surface area (TPSA) is 46.3 Å². The fourth-order valence-electron chi connectivity index (χ4n) is 1.95. The summed E-state index contributed by atoms with van der Waals surface area (Å²) in [7, 11) is 0. The molecule has 1 saturated carbocycles. The highest BCUT2D eigenvalue weighted by Crippen LogP contribution is 2.32. The van der Waals surface area contributed by atoms with Gasteiger partial charge in [-0.25, -0.2) is 0 Å². The summed E-state index contributed by atoms with van der Waals surface area (Å²) < 4.78 is 0. The molecule has 0 radical (unpaired) electrons. The van der Waals surface area contributed by atoms with E-state index in [9.17, 15) is 4.79 Å². The summed E-state index contributed by atoms with van der Waals surface area (Å²) in [6, 6.07) is 3.57. The molecule has 0 unspecified atom stereocenters. The Morgan fingerprint density at radius 2 is 1.94 bits per heavy atom. The quantitative estimate of drug-likeness (QED) is 0.860. The van der Waals surface area contributed by atoms with Gasteiger partial charge in [-0.15, -0.1) is 0 Å². The lowest BCUT2D eigenvalue weighted by molar-refractivity contribution is 0.0743. The van der Waals surface area contributed by atoms with Crippen molar-refractivity contribution >= 4 is 34.8 Å². The van der Waals surface area contributed by atoms with E-state index < -0.39 is 0 Å². The summed E-state index contributed by atoms with van der Waals surface area (Å²) in [6.45, 7) is 2.83. The number of rotatable bonds is 4. The van der Waals surface area contributed by atoms with E-state index in [0.717, 1.165) is 25.8 Å². The fourth-order valence-corrected chi connectivity index (χ4v) is 2.44. The van der Waals surface area contributed by atoms with Crippen molar-refractivity contribution in [2.24, 2.45) is 0 Å². The van der Waals surface area contributed by atoms with Gasteiger partial charge in [-0.3, -0.25) is 4.79 Å². The first kappa shape index (κ1) is 13.5. The Labute approximate surface area is 117 Å². The zero-order valence-corrected chi connectivity index (χ0v) is 11.8. The van der Waals surface area contributed by atoms with Crippen LogP contribution < -0.4 is 5.73 Å². The first-order valence-electron chi connectivity index (χ1n) is 6.10. The maximum absolute atomic E-state index is 12.4. The SMILES string of the molecule is CCCN(C(=O)c1cc(Cl)c(N)c(Cl)c1)C1CC1. The molecule has 0 spiro atoms. The van der Waals surface area contributed by atoms with Crippen LogP contribution in [0.25, 0.3) is 0 Å². The lowest BCUT2D eigenvalue weighted by Crippen LogP contribution is -2.33. The molecule has 5 heteroatoms. The van der Waals surface area contributed by atoms with E-state index in [1.165, 1.54) is 0 Å². The van der Waals surface area contributed by atoms with E-state index in [-0.39, 0.29) is 5.91 Å². The molecule has 0 aliphatic heterocycles. The second-order valence-electron chi connectivity index (χ2n) is 4.58. The van der Waals surface area contributed by atoms with Gasteiger partial charge in [0.05, 0.1) is 15.7 Å². The summed E-state index contributed by atoms with van der Waals surface area (Å²) in [5, 5.41) is 0.663. The van der Waals surface area contributed by atoms with Crippen LogP contribution in [0.5, 0.6) is 0 Å². The van der Waals surface area contributed by atoms with Crippen molar-refractivity contribution in [3.8, 4) is 0 Å². The van der Waals surface area contributed by atoms with Crippen LogP contribution >= 0.6 is 23.2 Å². The molecule has 0 bridgehead atoms. The average molecular weight is 287 g/mol. The molecule has 2 rings (SSSR count). The summed E-state index contributed by atoms with van der Waals surface area (Å²) >= 11 is 11.9. The summed E-state index contributed by atoms with van der Waals surface area (Å²) in [5.74, 6) is -0.0110. The zero-order chi connectivity index (χ0) is 13.3. The Hall–Kier alpha value is -0.930. The van der Waals surface area contributed by atoms with Crippen molar-refractivity contribution < 1.29 is 4.79 Å². The van der Waals surface area contributed by atoms with Gasteiger partial charge in [0.1, 0.15) is 0 Å². The van der Waals surface area contributed by atoms with Crippen LogP contribution in [-0.2, 0) is 0 Å². The van der Waals surface area contributed by atoms with Gasteiger partial charge in [-0.2, -0.15) is 0 Å². The van der Waals surface area contributed by atoms with Crippen molar-refractivity contribution in [3.63, 3.8) is 0 Å². The van der Waals surface area contributed by atoms with Gasteiger partial charge in [-0.05, 0) is 31.4 Å². The van der Waals surface area contributed by atoms with Crippen molar-refractivity contribution in [1.29, 1.82) is 0 Å². The van der Waals surface area contributed by atoms with Crippen molar-refractivity contribution in [1.82, 2.24) is 4.90 Å². The van der Waals surface area contributed by atoms with Gasteiger partial charge in [0.15, 0.2) is 0 Å². The maximum Gasteiger partial charge on any atom is 0.254 e. The van der Waals surface area contributed by atoms with Gasteiger partial charge >= 0.3 is 0 Å². The lowest BCUT2D eigenvalue weighted by atomic mass is 10.1. The highest BCUT2D eigenvalue weighted by molar-refractivity contribution is 6.39. The van der Waals surface area contributed by atoms with Gasteiger partial charge in [0, 0.05) is 18.2 Å². The largest absolute Gasteiger partial charge is 0.396 e. The van der Waals surface area contributed by atoms with Crippen molar-refractivity contribution in [2.75, 3.05) is 12.3 Å². The number of benzene rings is 1. The first-order valence-corrected chi connectivity index (χ1v) is 6.85. The molecule has 0 heterocycles. The minimum absolute atomic E-state index is 0.0110. The number of carbonyl (C=O) groups is 1. The standard InChI is InChI=1S/C13H16Cl2N2O/c1-2-5-17(9-3-4-9)13(18)8-6-10(14)12(16)11(15)7-8/h6-7,9H,2-5,16H2,1H3. The molecule has 1 fully saturated rings. The molecule has 0 saturated heterocycles. The van der Waals surface area contributed by atoms with Crippen LogP contribution in [0.2, 0.25) is 10.0 Å². The minimum atomic E-state index is -0.0110. The summed E-state index contributed by atoms with van der Waals surface area (Å²) in [5.41, 5.74) is 6.51. The van der Waals surface area contributed by atoms with E-state index in [0.29, 0.717) is 27.3 Å². The molecular weight excluding hydrogens is 271 g/mol. The van der Waals surface area contributed by atoms with Crippen LogP contribution in [0.3, 0.4) is 0 Å². The third-order valence-corrected chi connectivity index (χ3v) is 3.66. The number of nitrogens with two attached hydrogens (primary N) is 1. The van der Waals surface area contributed by atoms with E-state index in [2.05, 4.69) is 6.92 Å². The highest BCUT2D eigenvalue weighted by Gasteiger charge is 2.32.